The highest BCUT2D eigenvalue weighted by Gasteiger charge is 2.29. The molecule has 0 radical (unpaired) electrons. The lowest BCUT2D eigenvalue weighted by molar-refractivity contribution is -0.122. The zero-order chi connectivity index (χ0) is 15.6. The number of hydrogen-bond acceptors (Lipinski definition) is 2. The molecule has 2 aliphatic rings. The van der Waals surface area contributed by atoms with Crippen molar-refractivity contribution in [3.8, 4) is 0 Å². The Morgan fingerprint density at radius 3 is 2.65 bits per heavy atom. The van der Waals surface area contributed by atoms with Crippen molar-refractivity contribution < 1.29 is 4.79 Å². The summed E-state index contributed by atoms with van der Waals surface area (Å²) >= 11 is 0. The van der Waals surface area contributed by atoms with Crippen LogP contribution in [0.2, 0.25) is 0 Å². The number of anilines is 3. The molecule has 0 unspecified atom stereocenters. The lowest BCUT2D eigenvalue weighted by Gasteiger charge is -2.27. The van der Waals surface area contributed by atoms with Crippen molar-refractivity contribution in [1.82, 2.24) is 4.98 Å². The second kappa shape index (κ2) is 6.11. The van der Waals surface area contributed by atoms with E-state index >= 15 is 0 Å². The maximum Gasteiger partial charge on any atom is 0.230 e. The standard InChI is InChI=1S/C19H23N3O/c23-19(14-7-3-1-2-4-8-14)22-13-15-11-12-20-18(15)21-16-9-5-6-10-17(16)22/h5-6,9-12,14,20-21H,1-4,7-8,13H2. The van der Waals surface area contributed by atoms with E-state index in [0.29, 0.717) is 6.54 Å². The van der Waals surface area contributed by atoms with Gasteiger partial charge in [-0.05, 0) is 31.0 Å². The Labute approximate surface area is 136 Å². The van der Waals surface area contributed by atoms with E-state index in [1.807, 2.05) is 35.4 Å². The summed E-state index contributed by atoms with van der Waals surface area (Å²) in [5, 5.41) is 3.43. The molecule has 1 aliphatic carbocycles. The maximum atomic E-state index is 13.2. The number of fused-ring (bicyclic) bond motifs is 2. The summed E-state index contributed by atoms with van der Waals surface area (Å²) < 4.78 is 0. The van der Waals surface area contributed by atoms with Gasteiger partial charge in [0.2, 0.25) is 5.91 Å². The Morgan fingerprint density at radius 2 is 1.83 bits per heavy atom. The lowest BCUT2D eigenvalue weighted by atomic mass is 9.98. The average Bonchev–Trinajstić information content (AvgIpc) is 2.79. The van der Waals surface area contributed by atoms with Gasteiger partial charge in [-0.3, -0.25) is 4.79 Å². The number of nitrogens with one attached hydrogen (secondary N) is 2. The summed E-state index contributed by atoms with van der Waals surface area (Å²) in [6.45, 7) is 0.637. The molecule has 0 spiro atoms. The number of benzene rings is 1. The molecule has 1 aromatic heterocycles. The zero-order valence-electron chi connectivity index (χ0n) is 13.3. The second-order valence-electron chi connectivity index (χ2n) is 6.63. The SMILES string of the molecule is O=C(C1CCCCCC1)N1Cc2cc[nH]c2Nc2ccccc21. The number of nitrogens with zero attached hydrogens (tertiary/aromatic N) is 1. The molecule has 0 bridgehead atoms. The van der Waals surface area contributed by atoms with E-state index in [9.17, 15) is 4.79 Å². The number of carbonyl (C=O) groups is 1. The van der Waals surface area contributed by atoms with Crippen LogP contribution in [0.3, 0.4) is 0 Å². The smallest absolute Gasteiger partial charge is 0.230 e. The van der Waals surface area contributed by atoms with Crippen molar-refractivity contribution >= 4 is 23.1 Å². The first-order valence-electron chi connectivity index (χ1n) is 8.66. The molecule has 1 aliphatic heterocycles. The number of rotatable bonds is 1. The number of aromatic nitrogens is 1. The summed E-state index contributed by atoms with van der Waals surface area (Å²) in [7, 11) is 0. The van der Waals surface area contributed by atoms with Gasteiger partial charge < -0.3 is 15.2 Å². The van der Waals surface area contributed by atoms with Gasteiger partial charge in [0.25, 0.3) is 0 Å². The number of amides is 1. The molecule has 4 heteroatoms. The van der Waals surface area contributed by atoms with Crippen molar-refractivity contribution in [2.45, 2.75) is 45.1 Å². The van der Waals surface area contributed by atoms with Crippen molar-refractivity contribution in [2.75, 3.05) is 10.2 Å². The molecule has 2 N–H and O–H groups in total. The molecule has 2 aromatic rings. The predicted octanol–water partition coefficient (Wildman–Crippen LogP) is 4.58. The van der Waals surface area contributed by atoms with E-state index in [0.717, 1.165) is 35.6 Å². The molecule has 4 rings (SSSR count). The van der Waals surface area contributed by atoms with Crippen molar-refractivity contribution in [2.24, 2.45) is 5.92 Å². The molecule has 0 saturated heterocycles. The van der Waals surface area contributed by atoms with Gasteiger partial charge in [-0.25, -0.2) is 0 Å². The lowest BCUT2D eigenvalue weighted by Crippen LogP contribution is -2.35. The minimum Gasteiger partial charge on any atom is -0.348 e. The van der Waals surface area contributed by atoms with Gasteiger partial charge in [0.1, 0.15) is 5.82 Å². The Kier molecular flexibility index (Phi) is 3.82. The Balaban J connectivity index is 1.70. The minimum absolute atomic E-state index is 0.172. The van der Waals surface area contributed by atoms with Gasteiger partial charge in [-0.15, -0.1) is 0 Å². The van der Waals surface area contributed by atoms with Crippen molar-refractivity contribution in [3.05, 3.63) is 42.1 Å². The number of hydrogen-bond donors (Lipinski definition) is 2. The molecule has 23 heavy (non-hydrogen) atoms. The van der Waals surface area contributed by atoms with E-state index in [4.69, 9.17) is 0 Å². The van der Waals surface area contributed by atoms with Gasteiger partial charge in [-0.2, -0.15) is 0 Å². The van der Waals surface area contributed by atoms with Gasteiger partial charge in [-0.1, -0.05) is 37.8 Å². The van der Waals surface area contributed by atoms with E-state index in [1.165, 1.54) is 25.7 Å². The fourth-order valence-corrected chi connectivity index (χ4v) is 3.80. The molecule has 1 fully saturated rings. The Morgan fingerprint density at radius 1 is 1.04 bits per heavy atom. The molecule has 2 heterocycles. The first-order valence-corrected chi connectivity index (χ1v) is 8.66. The van der Waals surface area contributed by atoms with Gasteiger partial charge in [0.05, 0.1) is 17.9 Å². The molecular formula is C19H23N3O. The topological polar surface area (TPSA) is 48.1 Å². The van der Waals surface area contributed by atoms with E-state index in [1.54, 1.807) is 0 Å². The molecule has 1 saturated carbocycles. The van der Waals surface area contributed by atoms with E-state index < -0.39 is 0 Å². The second-order valence-corrected chi connectivity index (χ2v) is 6.63. The van der Waals surface area contributed by atoms with E-state index in [-0.39, 0.29) is 11.8 Å². The van der Waals surface area contributed by atoms with E-state index in [2.05, 4.69) is 16.4 Å². The third kappa shape index (κ3) is 2.74. The van der Waals surface area contributed by atoms with Gasteiger partial charge in [0, 0.05) is 17.7 Å². The van der Waals surface area contributed by atoms with Crippen LogP contribution in [0.5, 0.6) is 0 Å². The number of aromatic amines is 1. The summed E-state index contributed by atoms with van der Waals surface area (Å²) in [6.07, 6.45) is 8.89. The third-order valence-corrected chi connectivity index (χ3v) is 5.09. The van der Waals surface area contributed by atoms with Crippen LogP contribution in [0.4, 0.5) is 17.2 Å². The fraction of sp³-hybridized carbons (Fsp3) is 0.421. The van der Waals surface area contributed by atoms with Gasteiger partial charge in [0.15, 0.2) is 0 Å². The largest absolute Gasteiger partial charge is 0.348 e. The van der Waals surface area contributed by atoms with Crippen LogP contribution in [-0.2, 0) is 11.3 Å². The Bertz CT molecular complexity index is 698. The summed E-state index contributed by atoms with van der Waals surface area (Å²) in [6, 6.07) is 10.2. The Hall–Kier alpha value is -2.23. The first-order chi connectivity index (χ1) is 11.3. The quantitative estimate of drug-likeness (QED) is 0.758. The molecule has 0 atom stereocenters. The van der Waals surface area contributed by atoms with Crippen LogP contribution in [0.15, 0.2) is 36.5 Å². The monoisotopic (exact) mass is 309 g/mol. The summed E-state index contributed by atoms with van der Waals surface area (Å²) in [5.74, 6) is 1.45. The first kappa shape index (κ1) is 14.4. The molecule has 1 aromatic carbocycles. The van der Waals surface area contributed by atoms with Crippen LogP contribution in [0, 0.1) is 5.92 Å². The number of H-pyrrole nitrogens is 1. The van der Waals surface area contributed by atoms with Gasteiger partial charge >= 0.3 is 0 Å². The predicted molar refractivity (Wildman–Crippen MR) is 92.9 cm³/mol. The van der Waals surface area contributed by atoms with Crippen molar-refractivity contribution in [3.63, 3.8) is 0 Å². The highest BCUT2D eigenvalue weighted by atomic mass is 16.2. The minimum atomic E-state index is 0.172. The zero-order valence-corrected chi connectivity index (χ0v) is 13.3. The normalized spacial score (nSPS) is 18.3. The summed E-state index contributed by atoms with van der Waals surface area (Å²) in [4.78, 5) is 18.5. The molecule has 120 valence electrons. The molecule has 1 amide bonds. The highest BCUT2D eigenvalue weighted by molar-refractivity contribution is 5.99. The van der Waals surface area contributed by atoms with Crippen molar-refractivity contribution in [1.29, 1.82) is 0 Å². The number of para-hydroxylation sites is 2. The number of carbonyl (C=O) groups excluding carboxylic acids is 1. The summed E-state index contributed by atoms with van der Waals surface area (Å²) in [5.41, 5.74) is 3.13. The fourth-order valence-electron chi connectivity index (χ4n) is 3.80. The molecule has 4 nitrogen and oxygen atoms in total. The maximum absolute atomic E-state index is 13.2. The highest BCUT2D eigenvalue weighted by Crippen LogP contribution is 2.37. The van der Waals surface area contributed by atoms with Crippen LogP contribution in [-0.4, -0.2) is 10.9 Å². The van der Waals surface area contributed by atoms with Crippen LogP contribution in [0.25, 0.3) is 0 Å². The van der Waals surface area contributed by atoms with Crippen LogP contribution >= 0.6 is 0 Å². The van der Waals surface area contributed by atoms with Crippen LogP contribution < -0.4 is 10.2 Å². The average molecular weight is 309 g/mol. The van der Waals surface area contributed by atoms with Crippen LogP contribution in [0.1, 0.15) is 44.1 Å². The molecular weight excluding hydrogens is 286 g/mol. The third-order valence-electron chi connectivity index (χ3n) is 5.09.